The van der Waals surface area contributed by atoms with Crippen molar-refractivity contribution in [3.8, 4) is 11.5 Å². The van der Waals surface area contributed by atoms with Crippen LogP contribution in [0.15, 0.2) is 86.6 Å². The van der Waals surface area contributed by atoms with E-state index in [1.807, 2.05) is 30.5 Å². The molecule has 0 saturated heterocycles. The molecule has 1 aliphatic rings. The zero-order valence-corrected chi connectivity index (χ0v) is 27.2. The number of carbonyl (C=O) groups is 2. The molecule has 1 aliphatic heterocycles. The number of rotatable bonds is 10. The summed E-state index contributed by atoms with van der Waals surface area (Å²) in [6.07, 6.45) is 3.67. The molecule has 1 aromatic heterocycles. The molecule has 45 heavy (non-hydrogen) atoms. The van der Waals surface area contributed by atoms with E-state index in [9.17, 15) is 19.5 Å². The number of halogens is 1. The number of fused-ring (bicyclic) bond motifs is 1. The van der Waals surface area contributed by atoms with Crippen LogP contribution in [0, 0.1) is 0 Å². The number of methoxy groups -OCH3 is 1. The SMILES string of the molecule is CCOC(=O)C1=C(C)N=c2s/c(=C/c3cc(Cl)c(OCc4cccc(C(=O)O)c4)c(OC)c3)c(=O)n2[C@H]1c1ccc(SC)cc1. The van der Waals surface area contributed by atoms with Gasteiger partial charge in [0.15, 0.2) is 16.3 Å². The molecule has 0 spiro atoms. The van der Waals surface area contributed by atoms with Gasteiger partial charge < -0.3 is 19.3 Å². The van der Waals surface area contributed by atoms with Crippen LogP contribution in [0.3, 0.4) is 0 Å². The molecule has 12 heteroatoms. The van der Waals surface area contributed by atoms with E-state index in [0.717, 1.165) is 10.5 Å². The quantitative estimate of drug-likeness (QED) is 0.176. The monoisotopic (exact) mass is 664 g/mol. The van der Waals surface area contributed by atoms with Crippen molar-refractivity contribution in [1.82, 2.24) is 4.57 Å². The second kappa shape index (κ2) is 13.8. The first kappa shape index (κ1) is 32.1. The van der Waals surface area contributed by atoms with Crippen molar-refractivity contribution >= 4 is 52.7 Å². The van der Waals surface area contributed by atoms with Crippen LogP contribution in [0.25, 0.3) is 6.08 Å². The molecule has 9 nitrogen and oxygen atoms in total. The Labute approximate surface area is 272 Å². The molecule has 1 atom stereocenters. The van der Waals surface area contributed by atoms with E-state index in [1.165, 1.54) is 35.1 Å². The van der Waals surface area contributed by atoms with E-state index in [1.54, 1.807) is 56.0 Å². The molecule has 0 unspecified atom stereocenters. The maximum absolute atomic E-state index is 14.0. The number of aromatic nitrogens is 1. The summed E-state index contributed by atoms with van der Waals surface area (Å²) in [4.78, 5) is 44.6. The normalized spacial score (nSPS) is 14.5. The predicted molar refractivity (Wildman–Crippen MR) is 174 cm³/mol. The zero-order chi connectivity index (χ0) is 32.2. The Balaban J connectivity index is 1.55. The molecule has 0 radical (unpaired) electrons. The highest BCUT2D eigenvalue weighted by Gasteiger charge is 2.33. The first-order valence-corrected chi connectivity index (χ1v) is 16.2. The number of thiazole rings is 1. The Morgan fingerprint density at radius 3 is 2.58 bits per heavy atom. The molecule has 0 aliphatic carbocycles. The fraction of sp³-hybridized carbons (Fsp3) is 0.212. The van der Waals surface area contributed by atoms with Crippen molar-refractivity contribution in [1.29, 1.82) is 0 Å². The standard InChI is InChI=1S/C33H29ClN2O7S2/c1-5-42-32(40)27-18(2)35-33-36(28(27)21-9-11-23(44-4)12-10-21)30(37)26(45-33)16-20-14-24(34)29(25(15-20)41-3)43-17-19-7-6-8-22(13-19)31(38)39/h6-16,28H,5,17H2,1-4H3,(H,38,39)/b26-16+/t28-/m0/s1. The van der Waals surface area contributed by atoms with E-state index < -0.39 is 18.0 Å². The van der Waals surface area contributed by atoms with Gasteiger partial charge in [-0.2, -0.15) is 0 Å². The van der Waals surface area contributed by atoms with E-state index >= 15 is 0 Å². The fourth-order valence-corrected chi connectivity index (χ4v) is 6.69. The van der Waals surface area contributed by atoms with Crippen molar-refractivity contribution < 1.29 is 28.9 Å². The fourth-order valence-electron chi connectivity index (χ4n) is 4.96. The molecule has 1 N–H and O–H groups in total. The highest BCUT2D eigenvalue weighted by Crippen LogP contribution is 2.37. The molecule has 0 bridgehead atoms. The largest absolute Gasteiger partial charge is 0.493 e. The first-order chi connectivity index (χ1) is 21.6. The van der Waals surface area contributed by atoms with E-state index in [2.05, 4.69) is 4.99 Å². The Hall–Kier alpha value is -4.32. The maximum atomic E-state index is 14.0. The van der Waals surface area contributed by atoms with Gasteiger partial charge in [0, 0.05) is 4.90 Å². The maximum Gasteiger partial charge on any atom is 0.338 e. The average Bonchev–Trinajstić information content (AvgIpc) is 3.33. The van der Waals surface area contributed by atoms with Gasteiger partial charge in [-0.25, -0.2) is 14.6 Å². The minimum absolute atomic E-state index is 0.0647. The van der Waals surface area contributed by atoms with Crippen molar-refractivity contribution in [2.45, 2.75) is 31.4 Å². The van der Waals surface area contributed by atoms with Crippen molar-refractivity contribution in [3.63, 3.8) is 0 Å². The van der Waals surface area contributed by atoms with Gasteiger partial charge >= 0.3 is 11.9 Å². The van der Waals surface area contributed by atoms with Crippen LogP contribution in [-0.4, -0.2) is 41.6 Å². The summed E-state index contributed by atoms with van der Waals surface area (Å²) in [7, 11) is 1.48. The number of thioether (sulfide) groups is 1. The topological polar surface area (TPSA) is 116 Å². The second-order valence-electron chi connectivity index (χ2n) is 9.90. The van der Waals surface area contributed by atoms with E-state index in [0.29, 0.717) is 37.5 Å². The van der Waals surface area contributed by atoms with Crippen LogP contribution in [0.5, 0.6) is 11.5 Å². The third-order valence-corrected chi connectivity index (χ3v) is 9.06. The van der Waals surface area contributed by atoms with Gasteiger partial charge in [-0.1, -0.05) is 47.2 Å². The van der Waals surface area contributed by atoms with Gasteiger partial charge in [0.2, 0.25) is 0 Å². The van der Waals surface area contributed by atoms with Gasteiger partial charge in [-0.05, 0) is 79.3 Å². The number of hydrogen-bond donors (Lipinski definition) is 1. The lowest BCUT2D eigenvalue weighted by molar-refractivity contribution is -0.139. The average molecular weight is 665 g/mol. The summed E-state index contributed by atoms with van der Waals surface area (Å²) in [6, 6.07) is 16.8. The molecule has 5 rings (SSSR count). The number of esters is 1. The number of ether oxygens (including phenoxy) is 3. The predicted octanol–water partition coefficient (Wildman–Crippen LogP) is 5.46. The number of carboxylic acids is 1. The first-order valence-electron chi connectivity index (χ1n) is 13.8. The number of carbonyl (C=O) groups excluding carboxylic acids is 1. The van der Waals surface area contributed by atoms with Crippen molar-refractivity contribution in [3.05, 3.63) is 119 Å². The highest BCUT2D eigenvalue weighted by atomic mass is 35.5. The van der Waals surface area contributed by atoms with Gasteiger partial charge in [0.1, 0.15) is 6.61 Å². The second-order valence-corrected chi connectivity index (χ2v) is 12.2. The molecule has 3 aromatic carbocycles. The molecular formula is C33H29ClN2O7S2. The summed E-state index contributed by atoms with van der Waals surface area (Å²) < 4.78 is 18.8. The molecule has 232 valence electrons. The number of benzene rings is 3. The van der Waals surface area contributed by atoms with Gasteiger partial charge in [-0.15, -0.1) is 11.8 Å². The van der Waals surface area contributed by atoms with Crippen LogP contribution in [0.2, 0.25) is 5.02 Å². The van der Waals surface area contributed by atoms with Crippen LogP contribution in [-0.2, 0) is 16.1 Å². The van der Waals surface area contributed by atoms with E-state index in [-0.39, 0.29) is 35.1 Å². The van der Waals surface area contributed by atoms with Crippen LogP contribution in [0.1, 0.15) is 46.9 Å². The van der Waals surface area contributed by atoms with E-state index in [4.69, 9.17) is 25.8 Å². The molecule has 2 heterocycles. The van der Waals surface area contributed by atoms with Crippen LogP contribution < -0.4 is 24.4 Å². The number of carboxylic acid groups (broad SMARTS) is 1. The Morgan fingerprint density at radius 2 is 1.91 bits per heavy atom. The van der Waals surface area contributed by atoms with Crippen LogP contribution >= 0.6 is 34.7 Å². The summed E-state index contributed by atoms with van der Waals surface area (Å²) in [5.41, 5.74) is 2.62. The third kappa shape index (κ3) is 6.70. The number of aromatic carboxylic acids is 1. The highest BCUT2D eigenvalue weighted by molar-refractivity contribution is 7.98. The molecule has 4 aromatic rings. The van der Waals surface area contributed by atoms with Gasteiger partial charge in [0.05, 0.1) is 46.1 Å². The zero-order valence-electron chi connectivity index (χ0n) is 24.8. The summed E-state index contributed by atoms with van der Waals surface area (Å²) in [6.45, 7) is 3.73. The minimum Gasteiger partial charge on any atom is -0.493 e. The lowest BCUT2D eigenvalue weighted by Gasteiger charge is -2.24. The molecule has 0 fully saturated rings. The molecule has 0 amide bonds. The smallest absolute Gasteiger partial charge is 0.338 e. The van der Waals surface area contributed by atoms with Gasteiger partial charge in [0.25, 0.3) is 5.56 Å². The molecule has 0 saturated carbocycles. The summed E-state index contributed by atoms with van der Waals surface area (Å²) in [5.74, 6) is -0.937. The lowest BCUT2D eigenvalue weighted by atomic mass is 9.96. The van der Waals surface area contributed by atoms with Crippen molar-refractivity contribution in [2.75, 3.05) is 20.0 Å². The Kier molecular flexibility index (Phi) is 9.81. The number of hydrogen-bond acceptors (Lipinski definition) is 9. The summed E-state index contributed by atoms with van der Waals surface area (Å²) in [5, 5.41) is 9.52. The van der Waals surface area contributed by atoms with Crippen LogP contribution in [0.4, 0.5) is 0 Å². The minimum atomic E-state index is -1.03. The molecular weight excluding hydrogens is 636 g/mol. The van der Waals surface area contributed by atoms with Crippen molar-refractivity contribution in [2.24, 2.45) is 4.99 Å². The Bertz CT molecular complexity index is 2000. The summed E-state index contributed by atoms with van der Waals surface area (Å²) >= 11 is 9.42. The number of nitrogens with zero attached hydrogens (tertiary/aromatic N) is 2. The van der Waals surface area contributed by atoms with Gasteiger partial charge in [-0.3, -0.25) is 9.36 Å². The lowest BCUT2D eigenvalue weighted by Crippen LogP contribution is -2.39. The third-order valence-electron chi connectivity index (χ3n) is 7.06. The number of allylic oxidation sites excluding steroid dienone is 1. The Morgan fingerprint density at radius 1 is 1.16 bits per heavy atom.